The van der Waals surface area contributed by atoms with E-state index in [2.05, 4.69) is 15.3 Å². The molecule has 1 amide bonds. The average Bonchev–Trinajstić information content (AvgIpc) is 2.73. The molecule has 2 aromatic carbocycles. The Hall–Kier alpha value is -3.41. The predicted octanol–water partition coefficient (Wildman–Crippen LogP) is 3.96. The van der Waals surface area contributed by atoms with Crippen LogP contribution in [-0.2, 0) is 0 Å². The second-order valence-electron chi connectivity index (χ2n) is 6.39. The molecule has 0 fully saturated rings. The molecule has 1 N–H and O–H groups in total. The van der Waals surface area contributed by atoms with Crippen LogP contribution in [0, 0.1) is 6.92 Å². The van der Waals surface area contributed by atoms with Gasteiger partial charge in [-0.2, -0.15) is 0 Å². The largest absolute Gasteiger partial charge is 0.497 e. The van der Waals surface area contributed by atoms with Crippen LogP contribution in [0.3, 0.4) is 0 Å². The molecule has 0 saturated heterocycles. The number of methoxy groups -OCH3 is 2. The van der Waals surface area contributed by atoms with Crippen molar-refractivity contribution in [3.63, 3.8) is 0 Å². The van der Waals surface area contributed by atoms with Gasteiger partial charge < -0.3 is 14.8 Å². The Morgan fingerprint density at radius 2 is 1.54 bits per heavy atom. The van der Waals surface area contributed by atoms with Crippen LogP contribution in [0.5, 0.6) is 11.5 Å². The summed E-state index contributed by atoms with van der Waals surface area (Å²) in [5.41, 5.74) is 2.93. The second kappa shape index (κ2) is 8.52. The summed E-state index contributed by atoms with van der Waals surface area (Å²) >= 11 is 0. The maximum absolute atomic E-state index is 12.7. The molecule has 144 valence electrons. The summed E-state index contributed by atoms with van der Waals surface area (Å²) in [5, 5.41) is 2.99. The molecule has 0 spiro atoms. The minimum Gasteiger partial charge on any atom is -0.497 e. The van der Waals surface area contributed by atoms with Gasteiger partial charge in [-0.3, -0.25) is 4.79 Å². The van der Waals surface area contributed by atoms with Crippen LogP contribution in [0.15, 0.2) is 54.7 Å². The number of carbonyl (C=O) groups is 1. The summed E-state index contributed by atoms with van der Waals surface area (Å²) in [5.74, 6) is 1.91. The number of benzene rings is 2. The lowest BCUT2D eigenvalue weighted by atomic mass is 10.1. The van der Waals surface area contributed by atoms with Crippen LogP contribution >= 0.6 is 0 Å². The molecule has 0 bridgehead atoms. The van der Waals surface area contributed by atoms with E-state index in [0.29, 0.717) is 17.1 Å². The van der Waals surface area contributed by atoms with Gasteiger partial charge in [0.25, 0.3) is 5.91 Å². The topological polar surface area (TPSA) is 73.3 Å². The molecule has 3 rings (SSSR count). The van der Waals surface area contributed by atoms with E-state index in [1.807, 2.05) is 62.4 Å². The van der Waals surface area contributed by atoms with E-state index in [-0.39, 0.29) is 11.9 Å². The first-order valence-corrected chi connectivity index (χ1v) is 8.94. The SMILES string of the molecule is COc1ccc(-c2ncc(C(=O)N[C@H](C)c3ccc(OC)cc3)c(C)n2)cc1. The standard InChI is InChI=1S/C22H23N3O3/c1-14(16-5-9-18(27-3)10-6-16)25-22(26)20-13-23-21(24-15(20)2)17-7-11-19(28-4)12-8-17/h5-14H,1-4H3,(H,25,26)/t14-/m1/s1. The van der Waals surface area contributed by atoms with E-state index in [9.17, 15) is 4.79 Å². The molecule has 6 heteroatoms. The minimum absolute atomic E-state index is 0.154. The zero-order valence-corrected chi connectivity index (χ0v) is 16.4. The molecule has 3 aromatic rings. The van der Waals surface area contributed by atoms with Crippen LogP contribution in [0.4, 0.5) is 0 Å². The molecule has 0 aliphatic heterocycles. The number of nitrogens with one attached hydrogen (secondary N) is 1. The van der Waals surface area contributed by atoms with Crippen molar-refractivity contribution in [3.8, 4) is 22.9 Å². The van der Waals surface area contributed by atoms with E-state index in [4.69, 9.17) is 9.47 Å². The minimum atomic E-state index is -0.206. The highest BCUT2D eigenvalue weighted by molar-refractivity contribution is 5.95. The van der Waals surface area contributed by atoms with Crippen molar-refractivity contribution in [2.45, 2.75) is 19.9 Å². The van der Waals surface area contributed by atoms with Crippen molar-refractivity contribution < 1.29 is 14.3 Å². The molecule has 0 aliphatic rings. The highest BCUT2D eigenvalue weighted by Crippen LogP contribution is 2.21. The number of rotatable bonds is 6. The maximum atomic E-state index is 12.7. The number of aryl methyl sites for hydroxylation is 1. The molecule has 0 radical (unpaired) electrons. The first-order chi connectivity index (χ1) is 13.5. The van der Waals surface area contributed by atoms with Gasteiger partial charge in [-0.25, -0.2) is 9.97 Å². The highest BCUT2D eigenvalue weighted by atomic mass is 16.5. The fraction of sp³-hybridized carbons (Fsp3) is 0.227. The third-order valence-corrected chi connectivity index (χ3v) is 4.54. The van der Waals surface area contributed by atoms with Crippen LogP contribution in [0.2, 0.25) is 0 Å². The van der Waals surface area contributed by atoms with Gasteiger partial charge in [0.15, 0.2) is 5.82 Å². The van der Waals surface area contributed by atoms with Crippen molar-refractivity contribution in [3.05, 3.63) is 71.5 Å². The molecule has 6 nitrogen and oxygen atoms in total. The Balaban J connectivity index is 1.74. The summed E-state index contributed by atoms with van der Waals surface area (Å²) in [6.45, 7) is 3.74. The lowest BCUT2D eigenvalue weighted by Crippen LogP contribution is -2.27. The van der Waals surface area contributed by atoms with E-state index in [1.54, 1.807) is 20.4 Å². The van der Waals surface area contributed by atoms with Crippen LogP contribution < -0.4 is 14.8 Å². The summed E-state index contributed by atoms with van der Waals surface area (Å²) in [6.07, 6.45) is 1.57. The van der Waals surface area contributed by atoms with Gasteiger partial charge in [0.05, 0.1) is 31.5 Å². The quantitative estimate of drug-likeness (QED) is 0.704. The molecule has 0 saturated carbocycles. The molecule has 28 heavy (non-hydrogen) atoms. The Labute approximate surface area is 164 Å². The number of hydrogen-bond acceptors (Lipinski definition) is 5. The second-order valence-corrected chi connectivity index (χ2v) is 6.39. The van der Waals surface area contributed by atoms with Gasteiger partial charge in [-0.15, -0.1) is 0 Å². The van der Waals surface area contributed by atoms with Gasteiger partial charge in [0.2, 0.25) is 0 Å². The molecule has 1 aromatic heterocycles. The molecular weight excluding hydrogens is 354 g/mol. The molecule has 1 heterocycles. The van der Waals surface area contributed by atoms with Gasteiger partial charge in [0, 0.05) is 11.8 Å². The summed E-state index contributed by atoms with van der Waals surface area (Å²) in [6, 6.07) is 14.9. The first-order valence-electron chi connectivity index (χ1n) is 8.94. The Kier molecular flexibility index (Phi) is 5.89. The summed E-state index contributed by atoms with van der Waals surface area (Å²) < 4.78 is 10.3. The number of carbonyl (C=O) groups excluding carboxylic acids is 1. The van der Waals surface area contributed by atoms with Crippen molar-refractivity contribution in [2.75, 3.05) is 14.2 Å². The number of aromatic nitrogens is 2. The number of nitrogens with zero attached hydrogens (tertiary/aromatic N) is 2. The van der Waals surface area contributed by atoms with Crippen molar-refractivity contribution in [1.82, 2.24) is 15.3 Å². The molecule has 0 unspecified atom stereocenters. The smallest absolute Gasteiger partial charge is 0.255 e. The Morgan fingerprint density at radius 1 is 0.964 bits per heavy atom. The van der Waals surface area contributed by atoms with E-state index in [0.717, 1.165) is 22.6 Å². The number of hydrogen-bond donors (Lipinski definition) is 1. The zero-order chi connectivity index (χ0) is 20.1. The first kappa shape index (κ1) is 19.4. The summed E-state index contributed by atoms with van der Waals surface area (Å²) in [4.78, 5) is 21.5. The van der Waals surface area contributed by atoms with E-state index in [1.165, 1.54) is 0 Å². The molecule has 1 atom stereocenters. The Bertz CT molecular complexity index is 954. The fourth-order valence-corrected chi connectivity index (χ4v) is 2.82. The van der Waals surface area contributed by atoms with Crippen LogP contribution in [0.25, 0.3) is 11.4 Å². The number of amides is 1. The van der Waals surface area contributed by atoms with E-state index >= 15 is 0 Å². The van der Waals surface area contributed by atoms with Crippen molar-refractivity contribution in [2.24, 2.45) is 0 Å². The van der Waals surface area contributed by atoms with Crippen LogP contribution in [-0.4, -0.2) is 30.1 Å². The van der Waals surface area contributed by atoms with Gasteiger partial charge in [-0.05, 0) is 55.8 Å². The lowest BCUT2D eigenvalue weighted by Gasteiger charge is -2.15. The third-order valence-electron chi connectivity index (χ3n) is 4.54. The average molecular weight is 377 g/mol. The zero-order valence-electron chi connectivity index (χ0n) is 16.4. The maximum Gasteiger partial charge on any atom is 0.255 e. The van der Waals surface area contributed by atoms with Gasteiger partial charge >= 0.3 is 0 Å². The third kappa shape index (κ3) is 4.28. The van der Waals surface area contributed by atoms with Crippen molar-refractivity contribution in [1.29, 1.82) is 0 Å². The van der Waals surface area contributed by atoms with Crippen LogP contribution in [0.1, 0.15) is 34.6 Å². The number of ether oxygens (including phenoxy) is 2. The molecular formula is C22H23N3O3. The molecule has 0 aliphatic carbocycles. The van der Waals surface area contributed by atoms with E-state index < -0.39 is 0 Å². The van der Waals surface area contributed by atoms with Gasteiger partial charge in [0.1, 0.15) is 11.5 Å². The fourth-order valence-electron chi connectivity index (χ4n) is 2.82. The van der Waals surface area contributed by atoms with Crippen molar-refractivity contribution >= 4 is 5.91 Å². The van der Waals surface area contributed by atoms with Gasteiger partial charge in [-0.1, -0.05) is 12.1 Å². The predicted molar refractivity (Wildman–Crippen MR) is 108 cm³/mol. The lowest BCUT2D eigenvalue weighted by molar-refractivity contribution is 0.0938. The highest BCUT2D eigenvalue weighted by Gasteiger charge is 2.16. The summed E-state index contributed by atoms with van der Waals surface area (Å²) in [7, 11) is 3.24. The Morgan fingerprint density at radius 3 is 2.07 bits per heavy atom. The monoisotopic (exact) mass is 377 g/mol. The normalized spacial score (nSPS) is 11.6.